The zero-order valence-electron chi connectivity index (χ0n) is 12.0. The van der Waals surface area contributed by atoms with Crippen molar-refractivity contribution >= 4 is 5.69 Å². The van der Waals surface area contributed by atoms with E-state index in [1.165, 1.54) is 36.2 Å². The topological polar surface area (TPSA) is 15.3 Å². The van der Waals surface area contributed by atoms with Crippen LogP contribution in [0.2, 0.25) is 0 Å². The lowest BCUT2D eigenvalue weighted by atomic mass is 10.1. The van der Waals surface area contributed by atoms with Gasteiger partial charge >= 0.3 is 0 Å². The number of nitrogens with one attached hydrogen (secondary N) is 1. The molecule has 1 N–H and O–H groups in total. The molecule has 1 atom stereocenters. The van der Waals surface area contributed by atoms with Gasteiger partial charge in [0.05, 0.1) is 0 Å². The molecule has 100 valence electrons. The highest BCUT2D eigenvalue weighted by atomic mass is 15.1. The first kappa shape index (κ1) is 13.4. The molecule has 0 saturated carbocycles. The number of anilines is 1. The lowest BCUT2D eigenvalue weighted by molar-refractivity contribution is 0.238. The van der Waals surface area contributed by atoms with Crippen LogP contribution in [0.5, 0.6) is 0 Å². The number of nitrogens with zero attached hydrogens (tertiary/aromatic N) is 1. The van der Waals surface area contributed by atoms with Crippen LogP contribution >= 0.6 is 0 Å². The fourth-order valence-corrected chi connectivity index (χ4v) is 2.57. The Balaban J connectivity index is 1.98. The maximum Gasteiger partial charge on any atom is 0.0376 e. The number of rotatable bonds is 6. The van der Waals surface area contributed by atoms with Crippen LogP contribution in [0, 0.1) is 5.92 Å². The molecule has 0 radical (unpaired) electrons. The van der Waals surface area contributed by atoms with E-state index in [9.17, 15) is 0 Å². The first-order valence-corrected chi connectivity index (χ1v) is 7.31. The van der Waals surface area contributed by atoms with Gasteiger partial charge in [-0.1, -0.05) is 39.3 Å². The quantitative estimate of drug-likeness (QED) is 0.826. The average Bonchev–Trinajstić information content (AvgIpc) is 2.85. The van der Waals surface area contributed by atoms with Gasteiger partial charge in [-0.2, -0.15) is 0 Å². The summed E-state index contributed by atoms with van der Waals surface area (Å²) < 4.78 is 0. The summed E-state index contributed by atoms with van der Waals surface area (Å²) in [6, 6.07) is 6.93. The molecule has 0 amide bonds. The van der Waals surface area contributed by atoms with E-state index in [0.717, 1.165) is 25.6 Å². The number of benzene rings is 1. The molecular weight excluding hydrogens is 220 g/mol. The summed E-state index contributed by atoms with van der Waals surface area (Å²) in [4.78, 5) is 2.55. The molecule has 1 aliphatic rings. The summed E-state index contributed by atoms with van der Waals surface area (Å²) in [6.07, 6.45) is 2.45. The molecule has 2 heteroatoms. The van der Waals surface area contributed by atoms with Crippen LogP contribution in [0.3, 0.4) is 0 Å². The Labute approximate surface area is 111 Å². The van der Waals surface area contributed by atoms with Crippen molar-refractivity contribution in [2.45, 2.75) is 40.2 Å². The molecule has 0 saturated heterocycles. The van der Waals surface area contributed by atoms with Crippen LogP contribution < -0.4 is 5.32 Å². The molecule has 1 aliphatic heterocycles. The van der Waals surface area contributed by atoms with E-state index in [4.69, 9.17) is 0 Å². The molecule has 1 aromatic rings. The van der Waals surface area contributed by atoms with Gasteiger partial charge in [0.15, 0.2) is 0 Å². The van der Waals surface area contributed by atoms with Crippen LogP contribution in [0.1, 0.15) is 38.3 Å². The number of hydrogen-bond donors (Lipinski definition) is 1. The van der Waals surface area contributed by atoms with Crippen molar-refractivity contribution in [3.8, 4) is 0 Å². The van der Waals surface area contributed by atoms with Gasteiger partial charge in [-0.15, -0.1) is 0 Å². The average molecular weight is 246 g/mol. The molecule has 0 spiro atoms. The van der Waals surface area contributed by atoms with Gasteiger partial charge in [-0.25, -0.2) is 0 Å². The fourth-order valence-electron chi connectivity index (χ4n) is 2.57. The molecule has 2 nitrogen and oxygen atoms in total. The molecule has 0 fully saturated rings. The standard InChI is InChI=1S/C16H26N2/c1-4-13(3)11-18(5-2)12-14-6-7-15-8-9-17-16(15)10-14/h6-7,10,13,17H,4-5,8-9,11-12H2,1-3H3. The SMILES string of the molecule is CCC(C)CN(CC)Cc1ccc2c(c1)NCC2. The molecule has 0 bridgehead atoms. The van der Waals surface area contributed by atoms with Gasteiger partial charge in [-0.05, 0) is 36.1 Å². The van der Waals surface area contributed by atoms with Gasteiger partial charge < -0.3 is 5.32 Å². The molecule has 1 heterocycles. The second kappa shape index (κ2) is 6.24. The number of fused-ring (bicyclic) bond motifs is 1. The van der Waals surface area contributed by atoms with Gasteiger partial charge in [0, 0.05) is 25.3 Å². The van der Waals surface area contributed by atoms with E-state index < -0.39 is 0 Å². The Hall–Kier alpha value is -1.02. The van der Waals surface area contributed by atoms with E-state index in [-0.39, 0.29) is 0 Å². The van der Waals surface area contributed by atoms with Gasteiger partial charge in [0.2, 0.25) is 0 Å². The summed E-state index contributed by atoms with van der Waals surface area (Å²) in [7, 11) is 0. The molecule has 1 aromatic carbocycles. The Morgan fingerprint density at radius 1 is 1.33 bits per heavy atom. The van der Waals surface area contributed by atoms with E-state index in [1.807, 2.05) is 0 Å². The molecule has 0 aliphatic carbocycles. The maximum absolute atomic E-state index is 3.47. The largest absolute Gasteiger partial charge is 0.384 e. The van der Waals surface area contributed by atoms with Crippen LogP contribution in [0.25, 0.3) is 0 Å². The summed E-state index contributed by atoms with van der Waals surface area (Å²) in [5, 5.41) is 3.47. The third-order valence-electron chi connectivity index (χ3n) is 4.00. The lowest BCUT2D eigenvalue weighted by Crippen LogP contribution is -2.27. The van der Waals surface area contributed by atoms with Crippen molar-refractivity contribution < 1.29 is 0 Å². The lowest BCUT2D eigenvalue weighted by Gasteiger charge is -2.24. The molecule has 18 heavy (non-hydrogen) atoms. The highest BCUT2D eigenvalue weighted by molar-refractivity contribution is 5.56. The second-order valence-corrected chi connectivity index (χ2v) is 5.51. The highest BCUT2D eigenvalue weighted by Gasteiger charge is 2.12. The summed E-state index contributed by atoms with van der Waals surface area (Å²) in [5.74, 6) is 0.789. The van der Waals surface area contributed by atoms with Crippen LogP contribution in [0.15, 0.2) is 18.2 Å². The summed E-state index contributed by atoms with van der Waals surface area (Å²) >= 11 is 0. The first-order chi connectivity index (χ1) is 8.72. The minimum absolute atomic E-state index is 0.789. The van der Waals surface area contributed by atoms with Crippen molar-refractivity contribution in [2.24, 2.45) is 5.92 Å². The van der Waals surface area contributed by atoms with Crippen molar-refractivity contribution in [1.82, 2.24) is 4.90 Å². The zero-order valence-corrected chi connectivity index (χ0v) is 12.0. The van der Waals surface area contributed by atoms with Crippen molar-refractivity contribution in [2.75, 3.05) is 25.0 Å². The smallest absolute Gasteiger partial charge is 0.0376 e. The molecule has 0 aromatic heterocycles. The predicted octanol–water partition coefficient (Wildman–Crippen LogP) is 3.52. The molecular formula is C16H26N2. The number of hydrogen-bond acceptors (Lipinski definition) is 2. The highest BCUT2D eigenvalue weighted by Crippen LogP contribution is 2.24. The van der Waals surface area contributed by atoms with Gasteiger partial charge in [-0.3, -0.25) is 4.90 Å². The summed E-state index contributed by atoms with van der Waals surface area (Å²) in [6.45, 7) is 11.4. The van der Waals surface area contributed by atoms with Crippen LogP contribution in [0.4, 0.5) is 5.69 Å². The van der Waals surface area contributed by atoms with E-state index in [2.05, 4.69) is 49.2 Å². The van der Waals surface area contributed by atoms with E-state index >= 15 is 0 Å². The minimum Gasteiger partial charge on any atom is -0.384 e. The van der Waals surface area contributed by atoms with Crippen LogP contribution in [-0.4, -0.2) is 24.5 Å². The second-order valence-electron chi connectivity index (χ2n) is 5.51. The minimum atomic E-state index is 0.789. The van der Waals surface area contributed by atoms with E-state index in [0.29, 0.717) is 0 Å². The first-order valence-electron chi connectivity index (χ1n) is 7.31. The van der Waals surface area contributed by atoms with Gasteiger partial charge in [0.1, 0.15) is 0 Å². The van der Waals surface area contributed by atoms with Crippen molar-refractivity contribution in [3.05, 3.63) is 29.3 Å². The third-order valence-corrected chi connectivity index (χ3v) is 4.00. The van der Waals surface area contributed by atoms with Crippen LogP contribution in [-0.2, 0) is 13.0 Å². The fraction of sp³-hybridized carbons (Fsp3) is 0.625. The van der Waals surface area contributed by atoms with E-state index in [1.54, 1.807) is 0 Å². The maximum atomic E-state index is 3.47. The Morgan fingerprint density at radius 3 is 2.89 bits per heavy atom. The molecule has 2 rings (SSSR count). The normalized spacial score (nSPS) is 15.6. The monoisotopic (exact) mass is 246 g/mol. The Morgan fingerprint density at radius 2 is 2.17 bits per heavy atom. The van der Waals surface area contributed by atoms with Crippen molar-refractivity contribution in [3.63, 3.8) is 0 Å². The third kappa shape index (κ3) is 3.26. The molecule has 1 unspecified atom stereocenters. The summed E-state index contributed by atoms with van der Waals surface area (Å²) in [5.41, 5.74) is 4.27. The Bertz CT molecular complexity index is 387. The predicted molar refractivity (Wildman–Crippen MR) is 79.0 cm³/mol. The van der Waals surface area contributed by atoms with Crippen molar-refractivity contribution in [1.29, 1.82) is 0 Å². The zero-order chi connectivity index (χ0) is 13.0. The van der Waals surface area contributed by atoms with Gasteiger partial charge in [0.25, 0.3) is 0 Å². The Kier molecular flexibility index (Phi) is 4.65.